The Balaban J connectivity index is 0.000000307. The Labute approximate surface area is 317 Å². The topological polar surface area (TPSA) is 0 Å². The molecule has 0 heterocycles. The van der Waals surface area contributed by atoms with Crippen LogP contribution in [0.1, 0.15) is 50.7 Å². The van der Waals surface area contributed by atoms with Crippen LogP contribution in [-0.4, -0.2) is 16.1 Å². The fourth-order valence-corrected chi connectivity index (χ4v) is 13.5. The van der Waals surface area contributed by atoms with Gasteiger partial charge in [-0.25, -0.2) is 12.1 Å². The Morgan fingerprint density at radius 1 is 0.404 bits per heavy atom. The van der Waals surface area contributed by atoms with Crippen molar-refractivity contribution < 1.29 is 51.0 Å². The van der Waals surface area contributed by atoms with E-state index in [2.05, 4.69) is 199 Å². The molecular formula is C42H46Cl2Si2Zr. The second-order valence-corrected chi connectivity index (χ2v) is 20.9. The van der Waals surface area contributed by atoms with Gasteiger partial charge in [0.25, 0.3) is 0 Å². The molecule has 0 spiro atoms. The van der Waals surface area contributed by atoms with Gasteiger partial charge in [-0.15, -0.1) is 0 Å². The Morgan fingerprint density at radius 3 is 0.830 bits per heavy atom. The monoisotopic (exact) mass is 766 g/mol. The van der Waals surface area contributed by atoms with E-state index in [1.807, 2.05) is 0 Å². The summed E-state index contributed by atoms with van der Waals surface area (Å²) in [4.78, 5) is 0. The van der Waals surface area contributed by atoms with Gasteiger partial charge in [-0.3, -0.25) is 0 Å². The molecule has 0 saturated heterocycles. The minimum Gasteiger partial charge on any atom is -1.00 e. The fourth-order valence-electron chi connectivity index (χ4n) is 6.35. The van der Waals surface area contributed by atoms with Crippen LogP contribution in [0.15, 0.2) is 158 Å². The minimum atomic E-state index is -1.90. The zero-order valence-electron chi connectivity index (χ0n) is 28.4. The van der Waals surface area contributed by atoms with Gasteiger partial charge >= 0.3 is 26.2 Å². The van der Waals surface area contributed by atoms with Crippen molar-refractivity contribution in [1.82, 2.24) is 0 Å². The molecule has 6 rings (SSSR count). The van der Waals surface area contributed by atoms with Gasteiger partial charge in [0, 0.05) is 0 Å². The van der Waals surface area contributed by atoms with Gasteiger partial charge in [0.1, 0.15) is 0 Å². The number of hydrogen-bond donors (Lipinski definition) is 0. The van der Waals surface area contributed by atoms with Crippen molar-refractivity contribution >= 4 is 47.3 Å². The van der Waals surface area contributed by atoms with E-state index in [4.69, 9.17) is 0 Å². The molecule has 0 amide bonds. The van der Waals surface area contributed by atoms with Crippen LogP contribution in [0.3, 0.4) is 0 Å². The predicted octanol–water partition coefficient (Wildman–Crippen LogP) is 1.26. The summed E-state index contributed by atoms with van der Waals surface area (Å²) in [5, 5.41) is 8.91. The molecule has 0 radical (unpaired) electrons. The maximum absolute atomic E-state index is 2.47. The van der Waals surface area contributed by atoms with Gasteiger partial charge in [0.05, 0.1) is 16.1 Å². The number of benzene rings is 4. The molecular weight excluding hydrogens is 723 g/mol. The molecule has 0 atom stereocenters. The molecule has 0 saturated carbocycles. The fraction of sp³-hybridized carbons (Fsp3) is 0.190. The minimum absolute atomic E-state index is 0. The van der Waals surface area contributed by atoms with Crippen LogP contribution in [0.2, 0.25) is 13.1 Å². The van der Waals surface area contributed by atoms with Crippen molar-refractivity contribution in [2.75, 3.05) is 0 Å². The Hall–Kier alpha value is -2.52. The van der Waals surface area contributed by atoms with Crippen LogP contribution in [0.4, 0.5) is 0 Å². The summed E-state index contributed by atoms with van der Waals surface area (Å²) in [5.74, 6) is 1.16. The van der Waals surface area contributed by atoms with Crippen LogP contribution in [0.25, 0.3) is 0 Å². The standard InChI is InChI=1S/2C21H23Si.2ClH.Zr/c2*1-17(2)18-14-15-21(16-18)22(3,19-10-6-4-7-11-19)20-12-8-5-9-13-20;;;/h2*4-17H,1-3H3;2*1H;/q2*-1;;;+4/p-2. The molecule has 0 aliphatic rings. The molecule has 0 aliphatic carbocycles. The maximum atomic E-state index is 2.47. The molecule has 0 N–H and O–H groups in total. The molecule has 6 aromatic carbocycles. The van der Waals surface area contributed by atoms with E-state index >= 15 is 0 Å². The summed E-state index contributed by atoms with van der Waals surface area (Å²) in [6, 6.07) is 58.2. The third-order valence-corrected chi connectivity index (χ3v) is 18.3. The van der Waals surface area contributed by atoms with Gasteiger partial charge in [-0.2, -0.15) is 45.8 Å². The molecule has 0 nitrogen and oxygen atoms in total. The summed E-state index contributed by atoms with van der Waals surface area (Å²) >= 11 is 0. The van der Waals surface area contributed by atoms with E-state index in [-0.39, 0.29) is 51.0 Å². The molecule has 0 aliphatic heterocycles. The SMILES string of the molecule is CC(C)c1cc([Si](C)(c2ccccc2)c2ccccc2)c[cH-]1.CC(C)c1cc([Si](C)(c2ccccc2)c2ccccc2)c[cH-]1.[Cl-].[Cl-].[Zr+4]. The smallest absolute Gasteiger partial charge is 1.00 e. The van der Waals surface area contributed by atoms with Gasteiger partial charge in [-0.05, 0) is 11.8 Å². The molecule has 6 aromatic rings. The van der Waals surface area contributed by atoms with Gasteiger partial charge in [0.15, 0.2) is 0 Å². The molecule has 240 valence electrons. The van der Waals surface area contributed by atoms with Crippen LogP contribution >= 0.6 is 0 Å². The first-order chi connectivity index (χ1) is 21.2. The van der Waals surface area contributed by atoms with E-state index in [0.29, 0.717) is 11.8 Å². The molecule has 47 heavy (non-hydrogen) atoms. The second kappa shape index (κ2) is 18.3. The number of halogens is 2. The zero-order valence-corrected chi connectivity index (χ0v) is 34.4. The van der Waals surface area contributed by atoms with Crippen molar-refractivity contribution in [3.8, 4) is 0 Å². The quantitative estimate of drug-likeness (QED) is 0.162. The Kier molecular flexibility index (Phi) is 15.8. The van der Waals surface area contributed by atoms with E-state index in [1.165, 1.54) is 42.2 Å². The second-order valence-electron chi connectivity index (χ2n) is 12.9. The summed E-state index contributed by atoms with van der Waals surface area (Å²) in [6.07, 6.45) is 0. The van der Waals surface area contributed by atoms with Crippen LogP contribution in [-0.2, 0) is 26.2 Å². The summed E-state index contributed by atoms with van der Waals surface area (Å²) in [5.41, 5.74) is 2.89. The Bertz CT molecular complexity index is 1520. The molecule has 0 aromatic heterocycles. The zero-order chi connectivity index (χ0) is 31.2. The first kappa shape index (κ1) is 40.7. The third-order valence-electron chi connectivity index (χ3n) is 9.45. The average molecular weight is 769 g/mol. The van der Waals surface area contributed by atoms with Gasteiger partial charge in [-0.1, -0.05) is 183 Å². The van der Waals surface area contributed by atoms with Gasteiger partial charge < -0.3 is 24.8 Å². The first-order valence-corrected chi connectivity index (χ1v) is 21.0. The Morgan fingerprint density at radius 2 is 0.638 bits per heavy atom. The van der Waals surface area contributed by atoms with Crippen molar-refractivity contribution in [2.24, 2.45) is 0 Å². The van der Waals surface area contributed by atoms with E-state index in [1.54, 1.807) is 0 Å². The number of rotatable bonds is 8. The van der Waals surface area contributed by atoms with Crippen LogP contribution in [0, 0.1) is 0 Å². The van der Waals surface area contributed by atoms with Crippen LogP contribution < -0.4 is 55.9 Å². The first-order valence-electron chi connectivity index (χ1n) is 16.0. The molecule has 0 fully saturated rings. The normalized spacial score (nSPS) is 11.1. The van der Waals surface area contributed by atoms with E-state index in [9.17, 15) is 0 Å². The van der Waals surface area contributed by atoms with Gasteiger partial charge in [0.2, 0.25) is 0 Å². The van der Waals surface area contributed by atoms with Crippen LogP contribution in [0.5, 0.6) is 0 Å². The van der Waals surface area contributed by atoms with Crippen molar-refractivity contribution in [3.63, 3.8) is 0 Å². The molecule has 0 unspecified atom stereocenters. The van der Waals surface area contributed by atoms with E-state index in [0.717, 1.165) is 0 Å². The third kappa shape index (κ3) is 8.94. The van der Waals surface area contributed by atoms with E-state index < -0.39 is 16.1 Å². The summed E-state index contributed by atoms with van der Waals surface area (Å²) in [7, 11) is -3.81. The predicted molar refractivity (Wildman–Crippen MR) is 199 cm³/mol. The largest absolute Gasteiger partial charge is 4.00 e. The maximum Gasteiger partial charge on any atom is 4.00 e. The van der Waals surface area contributed by atoms with Crippen molar-refractivity contribution in [1.29, 1.82) is 0 Å². The molecule has 0 bridgehead atoms. The van der Waals surface area contributed by atoms with Crippen molar-refractivity contribution in [3.05, 3.63) is 169 Å². The number of hydrogen-bond acceptors (Lipinski definition) is 0. The summed E-state index contributed by atoms with van der Waals surface area (Å²) in [6.45, 7) is 14.0. The average Bonchev–Trinajstić information content (AvgIpc) is 3.78. The molecule has 5 heteroatoms. The summed E-state index contributed by atoms with van der Waals surface area (Å²) < 4.78 is 0. The van der Waals surface area contributed by atoms with Crippen molar-refractivity contribution in [2.45, 2.75) is 52.6 Å².